The van der Waals surface area contributed by atoms with E-state index >= 15 is 0 Å². The summed E-state index contributed by atoms with van der Waals surface area (Å²) in [7, 11) is 1.98. The fourth-order valence-corrected chi connectivity index (χ4v) is 2.30. The molecule has 0 aromatic carbocycles. The molecule has 2 heterocycles. The molecule has 2 rings (SSSR count). The molecule has 2 N–H and O–H groups in total. The standard InChI is InChI=1S/C12H21N3O/c1-15-11(6-7-14-15)4-5-12(13)10-3-2-8-16-9-10/h6-7,10,12H,2-5,8-9,13H2,1H3. The number of aryl methyl sites for hydroxylation is 2. The van der Waals surface area contributed by atoms with Gasteiger partial charge in [-0.15, -0.1) is 0 Å². The third-order valence-electron chi connectivity index (χ3n) is 3.46. The van der Waals surface area contributed by atoms with E-state index in [4.69, 9.17) is 10.5 Å². The molecule has 1 aliphatic heterocycles. The van der Waals surface area contributed by atoms with Crippen LogP contribution in [-0.4, -0.2) is 29.0 Å². The lowest BCUT2D eigenvalue weighted by Crippen LogP contribution is -2.36. The molecule has 1 aromatic heterocycles. The Balaban J connectivity index is 1.78. The summed E-state index contributed by atoms with van der Waals surface area (Å²) in [6.07, 6.45) is 6.24. The van der Waals surface area contributed by atoms with Gasteiger partial charge >= 0.3 is 0 Å². The quantitative estimate of drug-likeness (QED) is 0.832. The molecular weight excluding hydrogens is 202 g/mol. The Labute approximate surface area is 96.8 Å². The molecule has 16 heavy (non-hydrogen) atoms. The maximum atomic E-state index is 6.21. The van der Waals surface area contributed by atoms with Crippen LogP contribution >= 0.6 is 0 Å². The second kappa shape index (κ2) is 5.46. The van der Waals surface area contributed by atoms with Gasteiger partial charge in [0.2, 0.25) is 0 Å². The van der Waals surface area contributed by atoms with Crippen LogP contribution in [0.2, 0.25) is 0 Å². The zero-order valence-electron chi connectivity index (χ0n) is 9.93. The molecular formula is C12H21N3O. The van der Waals surface area contributed by atoms with Crippen molar-refractivity contribution in [2.75, 3.05) is 13.2 Å². The van der Waals surface area contributed by atoms with E-state index < -0.39 is 0 Å². The van der Waals surface area contributed by atoms with Crippen LogP contribution in [0.4, 0.5) is 0 Å². The smallest absolute Gasteiger partial charge is 0.0509 e. The van der Waals surface area contributed by atoms with E-state index in [9.17, 15) is 0 Å². The zero-order chi connectivity index (χ0) is 11.4. The Morgan fingerprint density at radius 1 is 1.69 bits per heavy atom. The summed E-state index contributed by atoms with van der Waals surface area (Å²) in [6.45, 7) is 1.75. The summed E-state index contributed by atoms with van der Waals surface area (Å²) in [5.74, 6) is 0.543. The molecule has 1 fully saturated rings. The van der Waals surface area contributed by atoms with E-state index in [1.807, 2.05) is 17.9 Å². The van der Waals surface area contributed by atoms with Gasteiger partial charge in [0.05, 0.1) is 6.61 Å². The van der Waals surface area contributed by atoms with Crippen LogP contribution in [0.15, 0.2) is 12.3 Å². The average molecular weight is 223 g/mol. The fraction of sp³-hybridized carbons (Fsp3) is 0.750. The number of aromatic nitrogens is 2. The highest BCUT2D eigenvalue weighted by Gasteiger charge is 2.20. The van der Waals surface area contributed by atoms with Gasteiger partial charge in [-0.05, 0) is 37.7 Å². The first-order chi connectivity index (χ1) is 7.77. The van der Waals surface area contributed by atoms with Gasteiger partial charge in [0, 0.05) is 31.6 Å². The van der Waals surface area contributed by atoms with Gasteiger partial charge in [-0.3, -0.25) is 4.68 Å². The molecule has 4 nitrogen and oxygen atoms in total. The first-order valence-electron chi connectivity index (χ1n) is 6.07. The van der Waals surface area contributed by atoms with Crippen LogP contribution < -0.4 is 5.73 Å². The molecule has 4 heteroatoms. The Hall–Kier alpha value is -0.870. The third kappa shape index (κ3) is 2.83. The predicted molar refractivity (Wildman–Crippen MR) is 63.0 cm³/mol. The maximum absolute atomic E-state index is 6.21. The van der Waals surface area contributed by atoms with Crippen LogP contribution in [0.5, 0.6) is 0 Å². The molecule has 0 bridgehead atoms. The van der Waals surface area contributed by atoms with Crippen molar-refractivity contribution in [1.29, 1.82) is 0 Å². The topological polar surface area (TPSA) is 53.1 Å². The van der Waals surface area contributed by atoms with E-state index in [2.05, 4.69) is 11.2 Å². The molecule has 0 amide bonds. The van der Waals surface area contributed by atoms with E-state index in [0.29, 0.717) is 5.92 Å². The van der Waals surface area contributed by atoms with Crippen molar-refractivity contribution in [2.24, 2.45) is 18.7 Å². The molecule has 0 aliphatic carbocycles. The van der Waals surface area contributed by atoms with Crippen molar-refractivity contribution in [3.05, 3.63) is 18.0 Å². The van der Waals surface area contributed by atoms with Gasteiger partial charge < -0.3 is 10.5 Å². The minimum atomic E-state index is 0.259. The summed E-state index contributed by atoms with van der Waals surface area (Å²) in [6, 6.07) is 2.32. The minimum absolute atomic E-state index is 0.259. The van der Waals surface area contributed by atoms with Gasteiger partial charge in [-0.1, -0.05) is 0 Å². The lowest BCUT2D eigenvalue weighted by atomic mass is 9.91. The lowest BCUT2D eigenvalue weighted by molar-refractivity contribution is 0.0438. The van der Waals surface area contributed by atoms with E-state index in [0.717, 1.165) is 32.5 Å². The summed E-state index contributed by atoms with van der Waals surface area (Å²) < 4.78 is 7.39. The average Bonchev–Trinajstić information content (AvgIpc) is 2.73. The highest BCUT2D eigenvalue weighted by atomic mass is 16.5. The number of hydrogen-bond donors (Lipinski definition) is 1. The molecule has 2 atom stereocenters. The van der Waals surface area contributed by atoms with Gasteiger partial charge in [-0.25, -0.2) is 0 Å². The van der Waals surface area contributed by atoms with Crippen molar-refractivity contribution in [2.45, 2.75) is 31.7 Å². The first kappa shape index (κ1) is 11.6. The van der Waals surface area contributed by atoms with Crippen molar-refractivity contribution >= 4 is 0 Å². The van der Waals surface area contributed by atoms with Crippen LogP contribution in [0.1, 0.15) is 25.0 Å². The summed E-state index contributed by atoms with van der Waals surface area (Å²) >= 11 is 0. The minimum Gasteiger partial charge on any atom is -0.381 e. The second-order valence-electron chi connectivity index (χ2n) is 4.63. The monoisotopic (exact) mass is 223 g/mol. The predicted octanol–water partition coefficient (Wildman–Crippen LogP) is 1.11. The molecule has 1 saturated heterocycles. The number of nitrogens with two attached hydrogens (primary N) is 1. The molecule has 1 aromatic rings. The number of hydrogen-bond acceptors (Lipinski definition) is 3. The molecule has 90 valence electrons. The van der Waals surface area contributed by atoms with Crippen LogP contribution in [-0.2, 0) is 18.2 Å². The van der Waals surface area contributed by atoms with Crippen molar-refractivity contribution < 1.29 is 4.74 Å². The summed E-state index contributed by atoms with van der Waals surface area (Å²) in [4.78, 5) is 0. The molecule has 0 radical (unpaired) electrons. The van der Waals surface area contributed by atoms with E-state index in [1.165, 1.54) is 12.1 Å². The van der Waals surface area contributed by atoms with Crippen LogP contribution in [0, 0.1) is 5.92 Å². The maximum Gasteiger partial charge on any atom is 0.0509 e. The van der Waals surface area contributed by atoms with Gasteiger partial charge in [-0.2, -0.15) is 5.10 Å². The Morgan fingerprint density at radius 3 is 3.19 bits per heavy atom. The number of nitrogens with zero attached hydrogens (tertiary/aromatic N) is 2. The molecule has 0 spiro atoms. The normalized spacial score (nSPS) is 23.2. The van der Waals surface area contributed by atoms with Gasteiger partial charge in [0.15, 0.2) is 0 Å². The van der Waals surface area contributed by atoms with Crippen molar-refractivity contribution in [3.63, 3.8) is 0 Å². The second-order valence-corrected chi connectivity index (χ2v) is 4.63. The first-order valence-corrected chi connectivity index (χ1v) is 6.07. The number of rotatable bonds is 4. The van der Waals surface area contributed by atoms with E-state index in [1.54, 1.807) is 0 Å². The van der Waals surface area contributed by atoms with Crippen molar-refractivity contribution in [1.82, 2.24) is 9.78 Å². The zero-order valence-corrected chi connectivity index (χ0v) is 9.93. The largest absolute Gasteiger partial charge is 0.381 e. The van der Waals surface area contributed by atoms with E-state index in [-0.39, 0.29) is 6.04 Å². The Bertz CT molecular complexity index is 318. The van der Waals surface area contributed by atoms with Gasteiger partial charge in [0.25, 0.3) is 0 Å². The summed E-state index contributed by atoms with van der Waals surface area (Å²) in [5, 5.41) is 4.16. The molecule has 1 aliphatic rings. The highest BCUT2D eigenvalue weighted by Crippen LogP contribution is 2.19. The SMILES string of the molecule is Cn1nccc1CCC(N)C1CCCOC1. The molecule has 2 unspecified atom stereocenters. The Kier molecular flexibility index (Phi) is 3.96. The highest BCUT2D eigenvalue weighted by molar-refractivity contribution is 5.00. The lowest BCUT2D eigenvalue weighted by Gasteiger charge is -2.27. The van der Waals surface area contributed by atoms with Crippen LogP contribution in [0.25, 0.3) is 0 Å². The number of ether oxygens (including phenoxy) is 1. The summed E-state index contributed by atoms with van der Waals surface area (Å²) in [5.41, 5.74) is 7.46. The Morgan fingerprint density at radius 2 is 2.56 bits per heavy atom. The van der Waals surface area contributed by atoms with Crippen molar-refractivity contribution in [3.8, 4) is 0 Å². The van der Waals surface area contributed by atoms with Gasteiger partial charge in [0.1, 0.15) is 0 Å². The third-order valence-corrected chi connectivity index (χ3v) is 3.46. The van der Waals surface area contributed by atoms with Crippen LogP contribution in [0.3, 0.4) is 0 Å². The fourth-order valence-electron chi connectivity index (χ4n) is 2.30. The molecule has 0 saturated carbocycles.